The van der Waals surface area contributed by atoms with E-state index in [1.54, 1.807) is 36.3 Å². The lowest BCUT2D eigenvalue weighted by atomic mass is 9.98. The number of hydrogen-bond donors (Lipinski definition) is 1. The molecule has 4 aromatic rings. The maximum absolute atomic E-state index is 13.1. The number of aromatic nitrogens is 2. The van der Waals surface area contributed by atoms with Crippen LogP contribution in [0.3, 0.4) is 0 Å². The minimum absolute atomic E-state index is 0.113. The third kappa shape index (κ3) is 3.99. The third-order valence-electron chi connectivity index (χ3n) is 5.18. The summed E-state index contributed by atoms with van der Waals surface area (Å²) in [7, 11) is 1.77. The van der Waals surface area contributed by atoms with E-state index in [-0.39, 0.29) is 5.91 Å². The molecule has 0 aliphatic carbocycles. The Balaban J connectivity index is 1.64. The van der Waals surface area contributed by atoms with Crippen LogP contribution in [0.5, 0.6) is 5.75 Å². The van der Waals surface area contributed by atoms with Gasteiger partial charge >= 0.3 is 0 Å². The number of H-pyrrole nitrogens is 1. The molecule has 1 amide bonds. The highest BCUT2D eigenvalue weighted by molar-refractivity contribution is 5.96. The summed E-state index contributed by atoms with van der Waals surface area (Å²) in [6.07, 6.45) is 1.77. The zero-order valence-corrected chi connectivity index (χ0v) is 17.4. The molecule has 0 bridgehead atoms. The molecule has 154 valence electrons. The van der Waals surface area contributed by atoms with E-state index in [4.69, 9.17) is 4.74 Å². The second kappa shape index (κ2) is 8.72. The highest BCUT2D eigenvalue weighted by Gasteiger charge is 2.18. The number of carbonyl (C=O) groups excluding carboxylic acids is 1. The number of ether oxygens (including phenoxy) is 1. The fraction of sp³-hybridized carbons (Fsp3) is 0.160. The molecule has 0 aliphatic rings. The normalized spacial score (nSPS) is 10.6. The number of nitrogens with one attached hydrogen (secondary N) is 1. The molecular weight excluding hydrogens is 388 g/mol. The molecule has 0 atom stereocenters. The van der Waals surface area contributed by atoms with Gasteiger partial charge in [-0.15, -0.1) is 0 Å². The Kier molecular flexibility index (Phi) is 5.67. The van der Waals surface area contributed by atoms with Crippen molar-refractivity contribution in [2.75, 3.05) is 13.7 Å². The van der Waals surface area contributed by atoms with Gasteiger partial charge in [0.2, 0.25) is 0 Å². The number of nitrogens with zero attached hydrogens (tertiary/aromatic N) is 3. The van der Waals surface area contributed by atoms with Crippen LogP contribution in [-0.4, -0.2) is 34.7 Å². The van der Waals surface area contributed by atoms with Crippen LogP contribution in [0.25, 0.3) is 22.0 Å². The van der Waals surface area contributed by atoms with Crippen molar-refractivity contribution in [1.29, 1.82) is 5.26 Å². The molecule has 0 spiro atoms. The summed E-state index contributed by atoms with van der Waals surface area (Å²) in [5, 5.41) is 17.6. The lowest BCUT2D eigenvalue weighted by Gasteiger charge is -2.19. The molecule has 0 aliphatic heterocycles. The zero-order valence-electron chi connectivity index (χ0n) is 17.4. The smallest absolute Gasteiger partial charge is 0.254 e. The number of fused-ring (bicyclic) bond motifs is 1. The molecule has 31 heavy (non-hydrogen) atoms. The Labute approximate surface area is 180 Å². The average molecular weight is 410 g/mol. The van der Waals surface area contributed by atoms with Crippen LogP contribution in [-0.2, 0) is 6.54 Å². The number of nitriles is 1. The Hall–Kier alpha value is -4.11. The standard InChI is InChI=1S/C25H22N4O2/c1-3-31-23-13-17(11-12-22(23)21-10-5-4-7-18(21)14-26)25(30)29(2)16-20-9-6-8-19-15-27-28-24(19)20/h4-13,15H,3,16H2,1-2H3,(H,27,28). The Morgan fingerprint density at radius 3 is 2.77 bits per heavy atom. The van der Waals surface area contributed by atoms with Crippen LogP contribution in [0.1, 0.15) is 28.4 Å². The number of rotatable bonds is 6. The van der Waals surface area contributed by atoms with Crippen molar-refractivity contribution in [3.8, 4) is 22.9 Å². The third-order valence-corrected chi connectivity index (χ3v) is 5.18. The molecular formula is C25H22N4O2. The maximum Gasteiger partial charge on any atom is 0.254 e. The van der Waals surface area contributed by atoms with Gasteiger partial charge in [-0.2, -0.15) is 10.4 Å². The predicted molar refractivity (Wildman–Crippen MR) is 120 cm³/mol. The highest BCUT2D eigenvalue weighted by atomic mass is 16.5. The Morgan fingerprint density at radius 1 is 1.13 bits per heavy atom. The molecule has 4 rings (SSSR count). The van der Waals surface area contributed by atoms with Gasteiger partial charge in [-0.1, -0.05) is 36.4 Å². The molecule has 3 aromatic carbocycles. The Morgan fingerprint density at radius 2 is 1.97 bits per heavy atom. The van der Waals surface area contributed by atoms with E-state index in [1.165, 1.54) is 0 Å². The summed E-state index contributed by atoms with van der Waals surface area (Å²) in [6, 6.07) is 20.9. The fourth-order valence-electron chi connectivity index (χ4n) is 3.68. The van der Waals surface area contributed by atoms with Gasteiger partial charge in [-0.25, -0.2) is 0 Å². The van der Waals surface area contributed by atoms with Crippen molar-refractivity contribution in [1.82, 2.24) is 15.1 Å². The first kappa shape index (κ1) is 20.2. The van der Waals surface area contributed by atoms with Crippen molar-refractivity contribution in [3.63, 3.8) is 0 Å². The number of carbonyl (C=O) groups is 1. The van der Waals surface area contributed by atoms with Crippen molar-refractivity contribution in [2.24, 2.45) is 0 Å². The van der Waals surface area contributed by atoms with Crippen molar-refractivity contribution >= 4 is 16.8 Å². The average Bonchev–Trinajstić information content (AvgIpc) is 3.29. The van der Waals surface area contributed by atoms with Crippen molar-refractivity contribution in [3.05, 3.63) is 83.6 Å². The topological polar surface area (TPSA) is 82.0 Å². The van der Waals surface area contributed by atoms with Crippen LogP contribution in [0.2, 0.25) is 0 Å². The first-order valence-electron chi connectivity index (χ1n) is 10.0. The summed E-state index contributed by atoms with van der Waals surface area (Å²) in [5.74, 6) is 0.470. The lowest BCUT2D eigenvalue weighted by Crippen LogP contribution is -2.26. The van der Waals surface area contributed by atoms with Crippen molar-refractivity contribution < 1.29 is 9.53 Å². The Bertz CT molecular complexity index is 1290. The van der Waals surface area contributed by atoms with Crippen LogP contribution in [0.15, 0.2) is 66.9 Å². The van der Waals surface area contributed by atoms with E-state index in [1.807, 2.05) is 49.4 Å². The monoisotopic (exact) mass is 410 g/mol. The number of amides is 1. The van der Waals surface area contributed by atoms with Gasteiger partial charge < -0.3 is 9.64 Å². The summed E-state index contributed by atoms with van der Waals surface area (Å²) in [6.45, 7) is 2.80. The molecule has 1 aromatic heterocycles. The maximum atomic E-state index is 13.1. The van der Waals surface area contributed by atoms with Gasteiger partial charge in [-0.3, -0.25) is 9.89 Å². The van der Waals surface area contributed by atoms with Crippen LogP contribution in [0, 0.1) is 11.3 Å². The summed E-state index contributed by atoms with van der Waals surface area (Å²) >= 11 is 0. The number of benzene rings is 3. The van der Waals surface area contributed by atoms with Gasteiger partial charge in [0.1, 0.15) is 5.75 Å². The second-order valence-corrected chi connectivity index (χ2v) is 7.21. The minimum Gasteiger partial charge on any atom is -0.493 e. The first-order valence-corrected chi connectivity index (χ1v) is 10.0. The molecule has 0 radical (unpaired) electrons. The van der Waals surface area contributed by atoms with Gasteiger partial charge in [0.25, 0.3) is 5.91 Å². The molecule has 6 heteroatoms. The molecule has 0 fully saturated rings. The zero-order chi connectivity index (χ0) is 21.8. The minimum atomic E-state index is -0.113. The number of hydrogen-bond acceptors (Lipinski definition) is 4. The molecule has 1 N–H and O–H groups in total. The molecule has 0 saturated heterocycles. The molecule has 0 saturated carbocycles. The number of para-hydroxylation sites is 1. The van der Waals surface area contributed by atoms with Gasteiger partial charge in [0.15, 0.2) is 0 Å². The summed E-state index contributed by atoms with van der Waals surface area (Å²) in [4.78, 5) is 14.8. The summed E-state index contributed by atoms with van der Waals surface area (Å²) in [5.41, 5.74) is 4.59. The van der Waals surface area contributed by atoms with E-state index >= 15 is 0 Å². The van der Waals surface area contributed by atoms with E-state index < -0.39 is 0 Å². The quantitative estimate of drug-likeness (QED) is 0.496. The van der Waals surface area contributed by atoms with Crippen LogP contribution in [0.4, 0.5) is 0 Å². The largest absolute Gasteiger partial charge is 0.493 e. The van der Waals surface area contributed by atoms with E-state index in [0.717, 1.165) is 27.6 Å². The molecule has 0 unspecified atom stereocenters. The van der Waals surface area contributed by atoms with E-state index in [0.29, 0.717) is 30.0 Å². The molecule has 6 nitrogen and oxygen atoms in total. The van der Waals surface area contributed by atoms with E-state index in [2.05, 4.69) is 16.3 Å². The lowest BCUT2D eigenvalue weighted by molar-refractivity contribution is 0.0785. The van der Waals surface area contributed by atoms with Crippen LogP contribution < -0.4 is 4.74 Å². The predicted octanol–water partition coefficient (Wildman–Crippen LogP) is 4.77. The number of aromatic amines is 1. The first-order chi connectivity index (χ1) is 15.1. The second-order valence-electron chi connectivity index (χ2n) is 7.21. The van der Waals surface area contributed by atoms with Crippen LogP contribution >= 0.6 is 0 Å². The van der Waals surface area contributed by atoms with Gasteiger partial charge in [0, 0.05) is 35.7 Å². The molecule has 1 heterocycles. The van der Waals surface area contributed by atoms with Gasteiger partial charge in [-0.05, 0) is 36.8 Å². The van der Waals surface area contributed by atoms with E-state index in [9.17, 15) is 10.1 Å². The van der Waals surface area contributed by atoms with Crippen molar-refractivity contribution in [2.45, 2.75) is 13.5 Å². The summed E-state index contributed by atoms with van der Waals surface area (Å²) < 4.78 is 5.83. The van der Waals surface area contributed by atoms with Gasteiger partial charge in [0.05, 0.1) is 30.0 Å². The highest BCUT2D eigenvalue weighted by Crippen LogP contribution is 2.33. The SMILES string of the molecule is CCOc1cc(C(=O)N(C)Cc2cccc3cn[nH]c23)ccc1-c1ccccc1C#N. The fourth-order valence-corrected chi connectivity index (χ4v) is 3.68.